The Morgan fingerprint density at radius 2 is 1.35 bits per heavy atom. The Morgan fingerprint density at radius 1 is 0.850 bits per heavy atom. The predicted molar refractivity (Wildman–Crippen MR) is 86.5 cm³/mol. The van der Waals surface area contributed by atoms with Gasteiger partial charge in [-0.2, -0.15) is 0 Å². The van der Waals surface area contributed by atoms with Gasteiger partial charge < -0.3 is 11.5 Å². The van der Waals surface area contributed by atoms with E-state index in [1.54, 1.807) is 0 Å². The molecule has 0 saturated heterocycles. The Balaban J connectivity index is 3.23. The molecule has 0 atom stereocenters. The first kappa shape index (κ1) is 18.5. The van der Waals surface area contributed by atoms with Crippen molar-refractivity contribution in [1.29, 1.82) is 5.41 Å². The summed E-state index contributed by atoms with van der Waals surface area (Å²) < 4.78 is 0. The lowest BCUT2D eigenvalue weighted by Gasteiger charge is -2.06. The lowest BCUT2D eigenvalue weighted by Crippen LogP contribution is -2.48. The fourth-order valence-corrected chi connectivity index (χ4v) is 1.97. The van der Waals surface area contributed by atoms with E-state index in [0.717, 1.165) is 13.0 Å². The Hall–Kier alpha value is -1.46. The van der Waals surface area contributed by atoms with Crippen LogP contribution in [0.4, 0.5) is 0 Å². The summed E-state index contributed by atoms with van der Waals surface area (Å²) >= 11 is 0. The molecular weight excluding hydrogens is 252 g/mol. The van der Waals surface area contributed by atoms with Gasteiger partial charge in [-0.3, -0.25) is 21.3 Å². The quantitative estimate of drug-likeness (QED) is 0.173. The van der Waals surface area contributed by atoms with Crippen LogP contribution in [0.25, 0.3) is 0 Å². The molecule has 0 unspecified atom stereocenters. The predicted octanol–water partition coefficient (Wildman–Crippen LogP) is 2.21. The van der Waals surface area contributed by atoms with Crippen LogP contribution < -0.4 is 22.3 Å². The molecule has 0 aromatic heterocycles. The van der Waals surface area contributed by atoms with E-state index in [4.69, 9.17) is 16.9 Å². The molecule has 20 heavy (non-hydrogen) atoms. The molecule has 118 valence electrons. The molecule has 7 N–H and O–H groups in total. The van der Waals surface area contributed by atoms with Crippen molar-refractivity contribution in [2.75, 3.05) is 6.54 Å². The lowest BCUT2D eigenvalue weighted by atomic mass is 10.1. The van der Waals surface area contributed by atoms with Gasteiger partial charge in [0.25, 0.3) is 0 Å². The highest BCUT2D eigenvalue weighted by molar-refractivity contribution is 5.82. The van der Waals surface area contributed by atoms with Gasteiger partial charge >= 0.3 is 0 Å². The van der Waals surface area contributed by atoms with E-state index in [9.17, 15) is 0 Å². The zero-order chi connectivity index (χ0) is 15.1. The fourth-order valence-electron chi connectivity index (χ4n) is 1.97. The van der Waals surface area contributed by atoms with Gasteiger partial charge in [0, 0.05) is 6.54 Å². The van der Waals surface area contributed by atoms with Crippen LogP contribution in [-0.4, -0.2) is 18.5 Å². The molecule has 0 aliphatic carbocycles. The lowest BCUT2D eigenvalue weighted by molar-refractivity contribution is 0.558. The summed E-state index contributed by atoms with van der Waals surface area (Å²) in [5, 5.41) is 6.94. The SMILES string of the molecule is CCCCCCCCCCCCN=C(N)NNC(=N)N. The van der Waals surface area contributed by atoms with Crippen LogP contribution in [0.2, 0.25) is 0 Å². The van der Waals surface area contributed by atoms with Gasteiger partial charge in [0.05, 0.1) is 0 Å². The third kappa shape index (κ3) is 14.6. The van der Waals surface area contributed by atoms with Crippen molar-refractivity contribution in [3.63, 3.8) is 0 Å². The highest BCUT2D eigenvalue weighted by Gasteiger charge is 1.93. The second-order valence-corrected chi connectivity index (χ2v) is 5.11. The van der Waals surface area contributed by atoms with E-state index in [1.807, 2.05) is 0 Å². The summed E-state index contributed by atoms with van der Waals surface area (Å²) in [4.78, 5) is 4.13. The smallest absolute Gasteiger partial charge is 0.207 e. The average Bonchev–Trinajstić information content (AvgIpc) is 2.42. The third-order valence-corrected chi connectivity index (χ3v) is 3.12. The Morgan fingerprint density at radius 3 is 1.85 bits per heavy atom. The molecule has 0 aliphatic heterocycles. The number of guanidine groups is 2. The first-order chi connectivity index (χ1) is 9.66. The monoisotopic (exact) mass is 284 g/mol. The van der Waals surface area contributed by atoms with Crippen LogP contribution in [0.5, 0.6) is 0 Å². The maximum Gasteiger partial charge on any atom is 0.207 e. The van der Waals surface area contributed by atoms with Crippen molar-refractivity contribution >= 4 is 11.9 Å². The molecular formula is C14H32N6. The molecule has 0 heterocycles. The largest absolute Gasteiger partial charge is 0.369 e. The molecule has 6 heteroatoms. The van der Waals surface area contributed by atoms with Crippen LogP contribution in [0.1, 0.15) is 71.1 Å². The van der Waals surface area contributed by atoms with Crippen LogP contribution in [-0.2, 0) is 0 Å². The number of nitrogens with two attached hydrogens (primary N) is 2. The van der Waals surface area contributed by atoms with Crippen molar-refractivity contribution in [3.8, 4) is 0 Å². The second-order valence-electron chi connectivity index (χ2n) is 5.11. The zero-order valence-electron chi connectivity index (χ0n) is 12.9. The number of hydrogen-bond donors (Lipinski definition) is 5. The van der Waals surface area contributed by atoms with Gasteiger partial charge in [0.2, 0.25) is 11.9 Å². The number of rotatable bonds is 11. The van der Waals surface area contributed by atoms with Crippen molar-refractivity contribution in [3.05, 3.63) is 0 Å². The number of nitrogens with zero attached hydrogens (tertiary/aromatic N) is 1. The zero-order valence-corrected chi connectivity index (χ0v) is 12.9. The van der Waals surface area contributed by atoms with Gasteiger partial charge in [-0.05, 0) is 6.42 Å². The van der Waals surface area contributed by atoms with Crippen LogP contribution in [0.3, 0.4) is 0 Å². The highest BCUT2D eigenvalue weighted by atomic mass is 15.4. The van der Waals surface area contributed by atoms with Crippen molar-refractivity contribution in [1.82, 2.24) is 10.9 Å². The first-order valence-corrected chi connectivity index (χ1v) is 7.82. The van der Waals surface area contributed by atoms with E-state index in [0.29, 0.717) is 0 Å². The van der Waals surface area contributed by atoms with Gasteiger partial charge in [-0.15, -0.1) is 0 Å². The molecule has 6 nitrogen and oxygen atoms in total. The summed E-state index contributed by atoms with van der Waals surface area (Å²) in [6.07, 6.45) is 13.1. The molecule has 0 aliphatic rings. The maximum atomic E-state index is 6.94. The third-order valence-electron chi connectivity index (χ3n) is 3.12. The number of hydrazine groups is 1. The minimum atomic E-state index is -0.179. The second kappa shape index (κ2) is 14.0. The Labute approximate surface area is 123 Å². The summed E-state index contributed by atoms with van der Waals surface area (Å²) in [6, 6.07) is 0. The van der Waals surface area contributed by atoms with Gasteiger partial charge in [0.15, 0.2) is 0 Å². The van der Waals surface area contributed by atoms with Gasteiger partial charge in [-0.1, -0.05) is 64.7 Å². The topological polar surface area (TPSA) is 112 Å². The van der Waals surface area contributed by atoms with Crippen molar-refractivity contribution in [2.45, 2.75) is 71.1 Å². The van der Waals surface area contributed by atoms with Gasteiger partial charge in [0.1, 0.15) is 0 Å². The van der Waals surface area contributed by atoms with E-state index in [-0.39, 0.29) is 11.9 Å². The molecule has 0 rings (SSSR count). The van der Waals surface area contributed by atoms with E-state index in [1.165, 1.54) is 57.8 Å². The molecule has 0 aromatic rings. The molecule has 0 radical (unpaired) electrons. The number of hydrogen-bond acceptors (Lipinski definition) is 2. The molecule has 0 aromatic carbocycles. The summed E-state index contributed by atoms with van der Waals surface area (Å²) in [5.74, 6) is 0.0956. The Kier molecular flexibility index (Phi) is 12.9. The number of nitrogens with one attached hydrogen (secondary N) is 3. The van der Waals surface area contributed by atoms with Gasteiger partial charge in [-0.25, -0.2) is 0 Å². The molecule has 0 fully saturated rings. The number of aliphatic imine (C=N–C) groups is 1. The van der Waals surface area contributed by atoms with E-state index >= 15 is 0 Å². The minimum Gasteiger partial charge on any atom is -0.369 e. The van der Waals surface area contributed by atoms with E-state index in [2.05, 4.69) is 22.8 Å². The molecule has 0 spiro atoms. The first-order valence-electron chi connectivity index (χ1n) is 7.82. The summed E-state index contributed by atoms with van der Waals surface area (Å²) in [6.45, 7) is 2.97. The molecule has 0 amide bonds. The van der Waals surface area contributed by atoms with Crippen LogP contribution in [0.15, 0.2) is 4.99 Å². The number of unbranched alkanes of at least 4 members (excludes halogenated alkanes) is 9. The highest BCUT2D eigenvalue weighted by Crippen LogP contribution is 2.10. The van der Waals surface area contributed by atoms with Crippen LogP contribution in [0, 0.1) is 5.41 Å². The minimum absolute atomic E-state index is 0.179. The normalized spacial score (nSPS) is 11.3. The van der Waals surface area contributed by atoms with Crippen molar-refractivity contribution in [2.24, 2.45) is 16.5 Å². The van der Waals surface area contributed by atoms with E-state index < -0.39 is 0 Å². The average molecular weight is 284 g/mol. The fraction of sp³-hybridized carbons (Fsp3) is 0.857. The standard InChI is InChI=1S/C14H32N6/c1-2-3-4-5-6-7-8-9-10-11-12-18-14(17)20-19-13(15)16/h2-12H2,1H3,(H4,15,16,19)(H3,17,18,20). The summed E-state index contributed by atoms with van der Waals surface area (Å²) in [5.41, 5.74) is 15.6. The molecule has 0 bridgehead atoms. The van der Waals surface area contributed by atoms with Crippen molar-refractivity contribution < 1.29 is 0 Å². The molecule has 0 saturated carbocycles. The Bertz CT molecular complexity index is 264. The van der Waals surface area contributed by atoms with Crippen LogP contribution >= 0.6 is 0 Å². The summed E-state index contributed by atoms with van der Waals surface area (Å²) in [7, 11) is 0. The maximum absolute atomic E-state index is 6.94.